The van der Waals surface area contributed by atoms with E-state index in [4.69, 9.17) is 19.7 Å². The van der Waals surface area contributed by atoms with Crippen molar-refractivity contribution < 1.29 is 24.0 Å². The topological polar surface area (TPSA) is 111 Å². The Kier molecular flexibility index (Phi) is 2.39. The van der Waals surface area contributed by atoms with Crippen molar-refractivity contribution in [2.75, 3.05) is 12.5 Å². The molecule has 4 N–H and O–H groups in total. The molecule has 0 bridgehead atoms. The molecule has 92 valence electrons. The fraction of sp³-hybridized carbons (Fsp3) is 0.100. The SMILES string of the molecule is Nc1cc(-c2ccc3c(c2B(O)O)OCO3)on1. The number of aromatic nitrogens is 1. The van der Waals surface area contributed by atoms with Crippen LogP contribution in [0.1, 0.15) is 0 Å². The van der Waals surface area contributed by atoms with Gasteiger partial charge in [0.25, 0.3) is 0 Å². The highest BCUT2D eigenvalue weighted by Gasteiger charge is 2.30. The van der Waals surface area contributed by atoms with Gasteiger partial charge in [0.05, 0.1) is 0 Å². The zero-order chi connectivity index (χ0) is 12.7. The maximum absolute atomic E-state index is 9.46. The molecule has 1 aliphatic rings. The summed E-state index contributed by atoms with van der Waals surface area (Å²) in [6.07, 6.45) is 0. The van der Waals surface area contributed by atoms with Crippen LogP contribution in [0.4, 0.5) is 5.82 Å². The van der Waals surface area contributed by atoms with Gasteiger partial charge in [-0.1, -0.05) is 5.16 Å². The summed E-state index contributed by atoms with van der Waals surface area (Å²) in [7, 11) is -1.72. The monoisotopic (exact) mass is 248 g/mol. The predicted molar refractivity (Wildman–Crippen MR) is 62.3 cm³/mol. The number of nitrogens with zero attached hydrogens (tertiary/aromatic N) is 1. The summed E-state index contributed by atoms with van der Waals surface area (Å²) in [5.74, 6) is 1.28. The summed E-state index contributed by atoms with van der Waals surface area (Å²) in [5.41, 5.74) is 6.08. The molecule has 3 rings (SSSR count). The number of hydrogen-bond donors (Lipinski definition) is 3. The molecule has 2 heterocycles. The first kappa shape index (κ1) is 10.9. The highest BCUT2D eigenvalue weighted by molar-refractivity contribution is 6.61. The molecule has 8 heteroatoms. The van der Waals surface area contributed by atoms with E-state index in [2.05, 4.69) is 5.16 Å². The van der Waals surface area contributed by atoms with Crippen molar-refractivity contribution in [2.24, 2.45) is 0 Å². The van der Waals surface area contributed by atoms with Crippen LogP contribution < -0.4 is 20.7 Å². The molecular weight excluding hydrogens is 239 g/mol. The van der Waals surface area contributed by atoms with Crippen molar-refractivity contribution in [3.05, 3.63) is 18.2 Å². The van der Waals surface area contributed by atoms with Gasteiger partial charge in [0.2, 0.25) is 6.79 Å². The standard InChI is InChI=1S/C10H9BN2O5/c12-8-3-7(18-13-8)5-1-2-6-10(17-4-16-6)9(5)11(14)15/h1-3,14-15H,4H2,(H2,12,13). The molecule has 7 nitrogen and oxygen atoms in total. The first-order chi connectivity index (χ1) is 8.66. The third kappa shape index (κ3) is 1.59. The van der Waals surface area contributed by atoms with Gasteiger partial charge in [0.15, 0.2) is 23.1 Å². The quantitative estimate of drug-likeness (QED) is 0.604. The minimum atomic E-state index is -1.72. The summed E-state index contributed by atoms with van der Waals surface area (Å²) in [4.78, 5) is 0. The lowest BCUT2D eigenvalue weighted by Gasteiger charge is -2.09. The Balaban J connectivity index is 2.21. The number of nitrogen functional groups attached to an aromatic ring is 1. The van der Waals surface area contributed by atoms with E-state index in [1.54, 1.807) is 12.1 Å². The van der Waals surface area contributed by atoms with E-state index in [-0.39, 0.29) is 23.8 Å². The van der Waals surface area contributed by atoms with E-state index in [1.807, 2.05) is 0 Å². The highest BCUT2D eigenvalue weighted by Crippen LogP contribution is 2.34. The third-order valence-electron chi connectivity index (χ3n) is 2.63. The van der Waals surface area contributed by atoms with Crippen LogP contribution >= 0.6 is 0 Å². The lowest BCUT2D eigenvalue weighted by atomic mass is 9.75. The van der Waals surface area contributed by atoms with Gasteiger partial charge < -0.3 is 29.8 Å². The van der Waals surface area contributed by atoms with Crippen LogP contribution in [0, 0.1) is 0 Å². The third-order valence-corrected chi connectivity index (χ3v) is 2.63. The summed E-state index contributed by atoms with van der Waals surface area (Å²) in [6.45, 7) is 0.0387. The van der Waals surface area contributed by atoms with Crippen LogP contribution in [0.15, 0.2) is 22.7 Å². The van der Waals surface area contributed by atoms with Crippen LogP contribution in [0.5, 0.6) is 11.5 Å². The second-order valence-electron chi connectivity index (χ2n) is 3.75. The predicted octanol–water partition coefficient (Wildman–Crippen LogP) is -0.668. The molecule has 0 unspecified atom stereocenters. The second-order valence-corrected chi connectivity index (χ2v) is 3.75. The van der Waals surface area contributed by atoms with Gasteiger partial charge in [-0.25, -0.2) is 0 Å². The Labute approximate surface area is 102 Å². The Hall–Kier alpha value is -2.19. The first-order valence-electron chi connectivity index (χ1n) is 5.18. The zero-order valence-electron chi connectivity index (χ0n) is 9.16. The van der Waals surface area contributed by atoms with Crippen LogP contribution in [0.25, 0.3) is 11.3 Å². The van der Waals surface area contributed by atoms with Crippen LogP contribution in [0.2, 0.25) is 0 Å². The molecule has 18 heavy (non-hydrogen) atoms. The highest BCUT2D eigenvalue weighted by atomic mass is 16.7. The Bertz CT molecular complexity index is 598. The van der Waals surface area contributed by atoms with Crippen LogP contribution in [0.3, 0.4) is 0 Å². The number of rotatable bonds is 2. The lowest BCUT2D eigenvalue weighted by molar-refractivity contribution is 0.174. The lowest BCUT2D eigenvalue weighted by Crippen LogP contribution is -2.32. The minimum Gasteiger partial charge on any atom is -0.454 e. The largest absolute Gasteiger partial charge is 0.493 e. The van der Waals surface area contributed by atoms with E-state index >= 15 is 0 Å². The summed E-state index contributed by atoms with van der Waals surface area (Å²) < 4.78 is 15.4. The number of nitrogens with two attached hydrogens (primary N) is 1. The summed E-state index contributed by atoms with van der Waals surface area (Å²) in [6, 6.07) is 4.77. The molecule has 0 spiro atoms. The first-order valence-corrected chi connectivity index (χ1v) is 5.18. The van der Waals surface area contributed by atoms with Gasteiger partial charge in [-0.3, -0.25) is 0 Å². The van der Waals surface area contributed by atoms with Crippen molar-refractivity contribution in [3.8, 4) is 22.8 Å². The summed E-state index contributed by atoms with van der Waals surface area (Å²) >= 11 is 0. The Morgan fingerprint density at radius 2 is 2.11 bits per heavy atom. The summed E-state index contributed by atoms with van der Waals surface area (Å²) in [5, 5.41) is 22.5. The normalized spacial score (nSPS) is 12.8. The number of hydrogen-bond acceptors (Lipinski definition) is 7. The van der Waals surface area contributed by atoms with Gasteiger partial charge in [-0.2, -0.15) is 0 Å². The van der Waals surface area contributed by atoms with Crippen molar-refractivity contribution >= 4 is 18.4 Å². The molecule has 0 amide bonds. The van der Waals surface area contributed by atoms with Gasteiger partial charge in [0, 0.05) is 17.1 Å². The van der Waals surface area contributed by atoms with Crippen molar-refractivity contribution in [1.82, 2.24) is 5.16 Å². The minimum absolute atomic E-state index is 0.0387. The number of benzene rings is 1. The maximum Gasteiger partial charge on any atom is 0.493 e. The number of fused-ring (bicyclic) bond motifs is 1. The molecule has 0 radical (unpaired) electrons. The van der Waals surface area contributed by atoms with Gasteiger partial charge in [-0.15, -0.1) is 0 Å². The number of anilines is 1. The fourth-order valence-corrected chi connectivity index (χ4v) is 1.88. The van der Waals surface area contributed by atoms with E-state index in [0.717, 1.165) is 0 Å². The van der Waals surface area contributed by atoms with Crippen molar-refractivity contribution in [2.45, 2.75) is 0 Å². The molecule has 0 fully saturated rings. The van der Waals surface area contributed by atoms with Crippen molar-refractivity contribution in [3.63, 3.8) is 0 Å². The molecule has 1 aromatic carbocycles. The van der Waals surface area contributed by atoms with Crippen molar-refractivity contribution in [1.29, 1.82) is 0 Å². The molecule has 0 saturated carbocycles. The van der Waals surface area contributed by atoms with E-state index < -0.39 is 7.12 Å². The van der Waals surface area contributed by atoms with E-state index in [9.17, 15) is 10.0 Å². The van der Waals surface area contributed by atoms with E-state index in [1.165, 1.54) is 6.07 Å². The number of ether oxygens (including phenoxy) is 2. The molecule has 0 atom stereocenters. The smallest absolute Gasteiger partial charge is 0.454 e. The average Bonchev–Trinajstić information content (AvgIpc) is 2.95. The zero-order valence-corrected chi connectivity index (χ0v) is 9.16. The van der Waals surface area contributed by atoms with Crippen LogP contribution in [-0.4, -0.2) is 29.1 Å². The Morgan fingerprint density at radius 1 is 1.28 bits per heavy atom. The fourth-order valence-electron chi connectivity index (χ4n) is 1.88. The molecule has 1 aliphatic heterocycles. The molecule has 2 aromatic rings. The maximum atomic E-state index is 9.46. The van der Waals surface area contributed by atoms with Crippen LogP contribution in [-0.2, 0) is 0 Å². The molecule has 0 aliphatic carbocycles. The molecular formula is C10H9BN2O5. The molecule has 0 saturated heterocycles. The second kappa shape index (κ2) is 3.93. The van der Waals surface area contributed by atoms with Gasteiger partial charge >= 0.3 is 7.12 Å². The van der Waals surface area contributed by atoms with E-state index in [0.29, 0.717) is 17.1 Å². The Morgan fingerprint density at radius 3 is 2.78 bits per heavy atom. The average molecular weight is 248 g/mol. The van der Waals surface area contributed by atoms with Gasteiger partial charge in [-0.05, 0) is 12.1 Å². The molecule has 1 aromatic heterocycles. The van der Waals surface area contributed by atoms with Gasteiger partial charge in [0.1, 0.15) is 0 Å².